The second-order valence-electron chi connectivity index (χ2n) is 15.9. The van der Waals surface area contributed by atoms with Crippen molar-refractivity contribution in [1.82, 2.24) is 0 Å². The van der Waals surface area contributed by atoms with E-state index < -0.39 is 29.7 Å². The number of benzene rings is 4. The first-order valence-electron chi connectivity index (χ1n) is 22.2. The Hall–Kier alpha value is -4.00. The number of unbranched alkanes of at least 4 members (excludes halogenated alkanes) is 3. The van der Waals surface area contributed by atoms with E-state index in [4.69, 9.17) is 42.6 Å². The van der Waals surface area contributed by atoms with E-state index in [-0.39, 0.29) is 26.4 Å². The van der Waals surface area contributed by atoms with E-state index in [9.17, 15) is 5.11 Å². The van der Waals surface area contributed by atoms with Gasteiger partial charge in [-0.3, -0.25) is 0 Å². The van der Waals surface area contributed by atoms with Crippen molar-refractivity contribution in [2.45, 2.75) is 122 Å². The van der Waals surface area contributed by atoms with E-state index in [1.165, 1.54) is 0 Å². The zero-order valence-electron chi connectivity index (χ0n) is 37.6. The van der Waals surface area contributed by atoms with Crippen LogP contribution in [0, 0.1) is 6.92 Å². The Morgan fingerprint density at radius 2 is 1.08 bits per heavy atom. The first-order chi connectivity index (χ1) is 29.7. The summed E-state index contributed by atoms with van der Waals surface area (Å²) in [4.78, 5) is 0. The summed E-state index contributed by atoms with van der Waals surface area (Å²) >= 11 is 0. The van der Waals surface area contributed by atoms with Gasteiger partial charge in [-0.05, 0) is 110 Å². The van der Waals surface area contributed by atoms with Gasteiger partial charge in [-0.25, -0.2) is 0 Å². The third-order valence-corrected chi connectivity index (χ3v) is 11.2. The fourth-order valence-corrected chi connectivity index (χ4v) is 7.60. The predicted octanol–water partition coefficient (Wildman–Crippen LogP) is 9.91. The van der Waals surface area contributed by atoms with Crippen molar-refractivity contribution in [3.8, 4) is 17.2 Å². The topological polar surface area (TPSA) is 103 Å². The second-order valence-corrected chi connectivity index (χ2v) is 15.9. The highest BCUT2D eigenvalue weighted by atomic mass is 16.7. The molecule has 61 heavy (non-hydrogen) atoms. The molecule has 0 amide bonds. The van der Waals surface area contributed by atoms with Crippen molar-refractivity contribution in [1.29, 1.82) is 0 Å². The maximum absolute atomic E-state index is 13.5. The van der Waals surface area contributed by atoms with E-state index in [0.717, 1.165) is 83.6 Å². The first-order valence-corrected chi connectivity index (χ1v) is 22.2. The van der Waals surface area contributed by atoms with Crippen LogP contribution in [0.25, 0.3) is 0 Å². The minimum absolute atomic E-state index is 0.0287. The molecule has 1 saturated heterocycles. The van der Waals surface area contributed by atoms with E-state index >= 15 is 0 Å². The van der Waals surface area contributed by atoms with Crippen LogP contribution < -0.4 is 14.2 Å². The Kier molecular flexibility index (Phi) is 19.4. The summed E-state index contributed by atoms with van der Waals surface area (Å²) in [5, 5.41) is 13.5. The fourth-order valence-electron chi connectivity index (χ4n) is 7.60. The molecule has 0 aliphatic carbocycles. The molecule has 1 fully saturated rings. The van der Waals surface area contributed by atoms with Crippen molar-refractivity contribution in [3.63, 3.8) is 0 Å². The number of rotatable bonds is 27. The van der Waals surface area contributed by atoms with Gasteiger partial charge < -0.3 is 47.7 Å². The first kappa shape index (κ1) is 48.0. The van der Waals surface area contributed by atoms with Crippen molar-refractivity contribution < 1.29 is 47.7 Å². The summed E-state index contributed by atoms with van der Waals surface area (Å²) in [5.74, 6) is 0.360. The average Bonchev–Trinajstić information content (AvgIpc) is 3.27. The molecule has 2 unspecified atom stereocenters. The second kappa shape index (κ2) is 24.6. The molecule has 10 heteroatoms. The van der Waals surface area contributed by atoms with Crippen molar-refractivity contribution in [2.24, 2.45) is 0 Å². The van der Waals surface area contributed by atoms with Crippen LogP contribution in [0.1, 0.15) is 99.6 Å². The predicted molar refractivity (Wildman–Crippen MR) is 239 cm³/mol. The number of methoxy groups -OCH3 is 2. The summed E-state index contributed by atoms with van der Waals surface area (Å²) < 4.78 is 57.7. The molecule has 1 aliphatic rings. The molecule has 4 aromatic rings. The van der Waals surface area contributed by atoms with E-state index in [1.54, 1.807) is 14.2 Å². The highest BCUT2D eigenvalue weighted by molar-refractivity contribution is 5.39. The van der Waals surface area contributed by atoms with Crippen LogP contribution in [0.2, 0.25) is 0 Å². The van der Waals surface area contributed by atoms with Gasteiger partial charge in [-0.1, -0.05) is 88.6 Å². The Morgan fingerprint density at radius 3 is 1.59 bits per heavy atom. The summed E-state index contributed by atoms with van der Waals surface area (Å²) in [6.07, 6.45) is 3.46. The highest BCUT2D eigenvalue weighted by Gasteiger charge is 2.64. The van der Waals surface area contributed by atoms with Crippen LogP contribution in [0.3, 0.4) is 0 Å². The summed E-state index contributed by atoms with van der Waals surface area (Å²) in [6.45, 7) is 13.0. The van der Waals surface area contributed by atoms with Crippen LogP contribution in [0.15, 0.2) is 91.0 Å². The summed E-state index contributed by atoms with van der Waals surface area (Å²) in [5.41, 5.74) is 4.38. The lowest BCUT2D eigenvalue weighted by Gasteiger charge is -2.56. The van der Waals surface area contributed by atoms with Crippen LogP contribution in [-0.2, 0) is 53.8 Å². The minimum atomic E-state index is -2.00. The van der Waals surface area contributed by atoms with Gasteiger partial charge in [0.2, 0.25) is 5.79 Å². The van der Waals surface area contributed by atoms with E-state index in [1.807, 2.05) is 85.8 Å². The van der Waals surface area contributed by atoms with Gasteiger partial charge in [-0.2, -0.15) is 0 Å². The van der Waals surface area contributed by atoms with E-state index in [2.05, 4.69) is 39.8 Å². The smallest absolute Gasteiger partial charge is 0.223 e. The zero-order valence-corrected chi connectivity index (χ0v) is 37.6. The molecule has 10 nitrogen and oxygen atoms in total. The number of hydrogen-bond donors (Lipinski definition) is 1. The molecule has 4 atom stereocenters. The van der Waals surface area contributed by atoms with E-state index in [0.29, 0.717) is 38.4 Å². The number of aryl methyl sites for hydroxylation is 1. The standard InChI is InChI=1S/C51H70O10/c1-8-12-29-58-47-48(59-30-13-9-2)50(36-55-34-40-18-23-44(53-6)24-19-40,37-56-35-41-20-25-45(54-7)26-21-41)61-51(52,49(47)60-31-14-10-3)43-22-15-38(5)42(33-43)32-39-16-27-46(28-17-39)57-11-4/h15-28,33,47-49,52H,8-14,29-32,34-37H2,1-7H3/t47-,48-,49?,51?/m0/s1. The summed E-state index contributed by atoms with van der Waals surface area (Å²) in [7, 11) is 3.30. The Morgan fingerprint density at radius 1 is 0.590 bits per heavy atom. The van der Waals surface area contributed by atoms with Crippen molar-refractivity contribution in [3.05, 3.63) is 124 Å². The molecular weight excluding hydrogens is 773 g/mol. The van der Waals surface area contributed by atoms with Gasteiger partial charge >= 0.3 is 0 Å². The summed E-state index contributed by atoms with van der Waals surface area (Å²) in [6, 6.07) is 29.8. The molecule has 0 bridgehead atoms. The minimum Gasteiger partial charge on any atom is -0.497 e. The SMILES string of the molecule is CCCCOC1[C@@H](OCCCC)[C@H](OCCCC)C(COCc2ccc(OC)cc2)(COCc2ccc(OC)cc2)OC1(O)c1ccc(C)c(Cc2ccc(OCC)cc2)c1. The molecule has 0 aromatic heterocycles. The molecule has 1 N–H and O–H groups in total. The molecule has 4 aromatic carbocycles. The molecule has 0 radical (unpaired) electrons. The van der Waals surface area contributed by atoms with Gasteiger partial charge in [0.25, 0.3) is 0 Å². The third kappa shape index (κ3) is 13.3. The van der Waals surface area contributed by atoms with Crippen molar-refractivity contribution in [2.75, 3.05) is 53.9 Å². The molecule has 0 spiro atoms. The molecule has 1 aliphatic heterocycles. The Balaban J connectivity index is 1.62. The zero-order chi connectivity index (χ0) is 43.5. The molecule has 0 saturated carbocycles. The van der Waals surface area contributed by atoms with Gasteiger partial charge in [0.15, 0.2) is 0 Å². The Labute approximate surface area is 364 Å². The van der Waals surface area contributed by atoms with Crippen LogP contribution in [0.4, 0.5) is 0 Å². The molecular formula is C51H70O10. The lowest BCUT2D eigenvalue weighted by molar-refractivity contribution is -0.411. The maximum Gasteiger partial charge on any atom is 0.223 e. The molecule has 334 valence electrons. The van der Waals surface area contributed by atoms with Gasteiger partial charge in [0, 0.05) is 25.4 Å². The largest absolute Gasteiger partial charge is 0.497 e. The van der Waals surface area contributed by atoms with Crippen LogP contribution in [-0.4, -0.2) is 82.9 Å². The van der Waals surface area contributed by atoms with Crippen molar-refractivity contribution >= 4 is 0 Å². The Bertz CT molecular complexity index is 1780. The quantitative estimate of drug-likeness (QED) is 0.0584. The number of ether oxygens (including phenoxy) is 9. The maximum atomic E-state index is 13.5. The van der Waals surface area contributed by atoms with Crippen LogP contribution >= 0.6 is 0 Å². The van der Waals surface area contributed by atoms with Crippen LogP contribution in [0.5, 0.6) is 17.2 Å². The van der Waals surface area contributed by atoms with Gasteiger partial charge in [0.1, 0.15) is 41.2 Å². The monoisotopic (exact) mass is 842 g/mol. The lowest BCUT2D eigenvalue weighted by atomic mass is 9.80. The molecule has 1 heterocycles. The fraction of sp³-hybridized carbons (Fsp3) is 0.529. The highest BCUT2D eigenvalue weighted by Crippen LogP contribution is 2.46. The lowest BCUT2D eigenvalue weighted by Crippen LogP contribution is -2.73. The van der Waals surface area contributed by atoms with Gasteiger partial charge in [0.05, 0.1) is 47.3 Å². The number of hydrogen-bond acceptors (Lipinski definition) is 10. The van der Waals surface area contributed by atoms with Gasteiger partial charge in [-0.15, -0.1) is 0 Å². The average molecular weight is 843 g/mol. The third-order valence-electron chi connectivity index (χ3n) is 11.2. The normalized spacial score (nSPS) is 19.8. The molecule has 5 rings (SSSR count). The number of aliphatic hydroxyl groups is 1.